The van der Waals surface area contributed by atoms with Gasteiger partial charge in [0.2, 0.25) is 0 Å². The summed E-state index contributed by atoms with van der Waals surface area (Å²) in [5.74, 6) is -0.932. The van der Waals surface area contributed by atoms with Crippen LogP contribution in [0.4, 0.5) is 0 Å². The molecule has 38 heavy (non-hydrogen) atoms. The molecule has 2 heterocycles. The normalized spacial score (nSPS) is 32.6. The second-order valence-corrected chi connectivity index (χ2v) is 12.2. The molecule has 1 saturated carbocycles. The van der Waals surface area contributed by atoms with Gasteiger partial charge in [0.15, 0.2) is 11.5 Å². The maximum Gasteiger partial charge on any atom is 0.303 e. The number of fused-ring (bicyclic) bond motifs is 4. The molecule has 0 aromatic heterocycles. The van der Waals surface area contributed by atoms with Crippen LogP contribution in [0.1, 0.15) is 91.7 Å². The van der Waals surface area contributed by atoms with E-state index in [0.29, 0.717) is 24.0 Å². The molecule has 8 heteroatoms. The number of aromatic hydroxyl groups is 2. The third kappa shape index (κ3) is 4.50. The zero-order valence-corrected chi connectivity index (χ0v) is 23.7. The Balaban J connectivity index is 1.80. The van der Waals surface area contributed by atoms with Crippen LogP contribution >= 0.6 is 0 Å². The van der Waals surface area contributed by atoms with Crippen molar-refractivity contribution in [3.05, 3.63) is 34.4 Å². The van der Waals surface area contributed by atoms with Crippen LogP contribution in [0.25, 0.3) is 6.08 Å². The van der Waals surface area contributed by atoms with Crippen molar-refractivity contribution in [1.29, 1.82) is 0 Å². The lowest BCUT2D eigenvalue weighted by atomic mass is 9.57. The van der Waals surface area contributed by atoms with E-state index in [0.717, 1.165) is 11.1 Å². The minimum atomic E-state index is -1.10. The van der Waals surface area contributed by atoms with Crippen LogP contribution in [0.5, 0.6) is 17.2 Å². The number of ether oxygens (including phenoxy) is 3. The number of hydrogen-bond donors (Lipinski definition) is 4. The number of hydrogen-bond acceptors (Lipinski definition) is 8. The predicted molar refractivity (Wildman–Crippen MR) is 143 cm³/mol. The highest BCUT2D eigenvalue weighted by Crippen LogP contribution is 2.60. The number of carbonyl (C=O) groups is 1. The number of aliphatic hydroxyl groups is 2. The van der Waals surface area contributed by atoms with Gasteiger partial charge in [0, 0.05) is 30.2 Å². The Bertz CT molecular complexity index is 1180. The SMILES string of the molecule is C/C=C(\C)C(OC(C)=O)C(C)c1cc(O)c2c(c1O)OC1(C)CCC3OC(C(C)(C)O)CC(O)C3(C)C1=C2. The number of carbonyl (C=O) groups excluding carboxylic acids is 1. The molecule has 0 radical (unpaired) electrons. The number of benzene rings is 1. The van der Waals surface area contributed by atoms with Gasteiger partial charge in [-0.25, -0.2) is 0 Å². The van der Waals surface area contributed by atoms with Crippen LogP contribution in [-0.2, 0) is 14.3 Å². The van der Waals surface area contributed by atoms with Gasteiger partial charge in [0.05, 0.1) is 29.5 Å². The molecule has 3 aliphatic rings. The summed E-state index contributed by atoms with van der Waals surface area (Å²) in [4.78, 5) is 11.8. The average Bonchev–Trinajstić information content (AvgIpc) is 2.83. The second-order valence-electron chi connectivity index (χ2n) is 12.2. The highest BCUT2D eigenvalue weighted by molar-refractivity contribution is 5.76. The zero-order valence-electron chi connectivity index (χ0n) is 23.7. The maximum absolute atomic E-state index is 11.8. The van der Waals surface area contributed by atoms with Crippen LogP contribution in [-0.4, -0.2) is 62.0 Å². The number of phenolic OH excluding ortho intramolecular Hbond substituents is 2. The van der Waals surface area contributed by atoms with Crippen LogP contribution in [0.2, 0.25) is 0 Å². The summed E-state index contributed by atoms with van der Waals surface area (Å²) in [5.41, 5.74) is -0.428. The molecule has 7 atom stereocenters. The lowest BCUT2D eigenvalue weighted by molar-refractivity contribution is -0.228. The molecule has 210 valence electrons. The Morgan fingerprint density at radius 3 is 2.50 bits per heavy atom. The fraction of sp³-hybridized carbons (Fsp3) is 0.633. The van der Waals surface area contributed by atoms with E-state index in [4.69, 9.17) is 14.2 Å². The first-order valence-corrected chi connectivity index (χ1v) is 13.4. The van der Waals surface area contributed by atoms with E-state index in [9.17, 15) is 25.2 Å². The molecular weight excluding hydrogens is 488 g/mol. The molecule has 0 bridgehead atoms. The minimum Gasteiger partial charge on any atom is -0.507 e. The molecule has 1 aliphatic carbocycles. The molecular formula is C30H42O8. The summed E-state index contributed by atoms with van der Waals surface area (Å²) in [5, 5.41) is 44.5. The lowest BCUT2D eigenvalue weighted by Crippen LogP contribution is -2.63. The molecule has 1 aromatic rings. The van der Waals surface area contributed by atoms with Crippen molar-refractivity contribution in [1.82, 2.24) is 0 Å². The van der Waals surface area contributed by atoms with Crippen LogP contribution in [0.3, 0.4) is 0 Å². The number of aliphatic hydroxyl groups excluding tert-OH is 1. The summed E-state index contributed by atoms with van der Waals surface area (Å²) in [6, 6.07) is 1.49. The van der Waals surface area contributed by atoms with E-state index in [-0.39, 0.29) is 29.8 Å². The van der Waals surface area contributed by atoms with Crippen molar-refractivity contribution in [2.24, 2.45) is 5.41 Å². The Kier molecular flexibility index (Phi) is 7.17. The number of esters is 1. The van der Waals surface area contributed by atoms with Crippen LogP contribution in [0, 0.1) is 5.41 Å². The Morgan fingerprint density at radius 2 is 1.92 bits per heavy atom. The number of phenols is 2. The van der Waals surface area contributed by atoms with Gasteiger partial charge >= 0.3 is 5.97 Å². The van der Waals surface area contributed by atoms with E-state index in [1.807, 2.05) is 46.8 Å². The highest BCUT2D eigenvalue weighted by atomic mass is 16.5. The summed E-state index contributed by atoms with van der Waals surface area (Å²) in [6.07, 6.45) is 2.76. The Hall–Kier alpha value is -2.55. The summed E-state index contributed by atoms with van der Waals surface area (Å²) >= 11 is 0. The molecule has 8 nitrogen and oxygen atoms in total. The maximum atomic E-state index is 11.8. The largest absolute Gasteiger partial charge is 0.507 e. The van der Waals surface area contributed by atoms with Gasteiger partial charge in [0.25, 0.3) is 0 Å². The number of allylic oxidation sites excluding steroid dienone is 1. The summed E-state index contributed by atoms with van der Waals surface area (Å²) < 4.78 is 18.4. The van der Waals surface area contributed by atoms with Crippen molar-refractivity contribution >= 4 is 12.0 Å². The third-order valence-corrected chi connectivity index (χ3v) is 9.01. The quantitative estimate of drug-likeness (QED) is 0.245. The molecule has 2 aliphatic heterocycles. The Labute approximate surface area is 224 Å². The lowest BCUT2D eigenvalue weighted by Gasteiger charge is -2.58. The summed E-state index contributed by atoms with van der Waals surface area (Å²) in [6.45, 7) is 14.1. The average molecular weight is 531 g/mol. The second kappa shape index (κ2) is 9.57. The molecule has 4 N–H and O–H groups in total. The van der Waals surface area contributed by atoms with Gasteiger partial charge in [0.1, 0.15) is 17.5 Å². The fourth-order valence-electron chi connectivity index (χ4n) is 6.48. The third-order valence-electron chi connectivity index (χ3n) is 9.01. The first kappa shape index (κ1) is 28.5. The van der Waals surface area contributed by atoms with Crippen molar-refractivity contribution in [2.75, 3.05) is 0 Å². The monoisotopic (exact) mass is 530 g/mol. The first-order chi connectivity index (χ1) is 17.5. The van der Waals surface area contributed by atoms with Crippen LogP contribution in [0.15, 0.2) is 23.3 Å². The van der Waals surface area contributed by atoms with E-state index in [1.165, 1.54) is 13.0 Å². The van der Waals surface area contributed by atoms with Crippen molar-refractivity contribution in [3.8, 4) is 17.2 Å². The molecule has 0 spiro atoms. The fourth-order valence-corrected chi connectivity index (χ4v) is 6.48. The van der Waals surface area contributed by atoms with Crippen molar-refractivity contribution in [3.63, 3.8) is 0 Å². The van der Waals surface area contributed by atoms with Gasteiger partial charge in [-0.05, 0) is 70.7 Å². The molecule has 7 unspecified atom stereocenters. The predicted octanol–water partition coefficient (Wildman–Crippen LogP) is 4.72. The van der Waals surface area contributed by atoms with E-state index >= 15 is 0 Å². The summed E-state index contributed by atoms with van der Waals surface area (Å²) in [7, 11) is 0. The van der Waals surface area contributed by atoms with Gasteiger partial charge < -0.3 is 34.6 Å². The number of rotatable bonds is 5. The first-order valence-electron chi connectivity index (χ1n) is 13.4. The topological polar surface area (TPSA) is 126 Å². The van der Waals surface area contributed by atoms with Crippen molar-refractivity contribution < 1.29 is 39.4 Å². The standard InChI is InChI=1S/C30H42O8/c1-9-15(2)26(36-17(4)31)16(3)18-12-20(32)19-13-21-29(7,38-27(19)25(18)34)11-10-23-30(21,8)22(33)14-24(37-23)28(5,6)35/h9,12-13,16,22-24,26,32-35H,10-11,14H2,1-8H3/b15-9+. The van der Waals surface area contributed by atoms with Gasteiger partial charge in [-0.3, -0.25) is 4.79 Å². The zero-order chi connectivity index (χ0) is 28.4. The molecule has 2 fully saturated rings. The Morgan fingerprint density at radius 1 is 1.26 bits per heavy atom. The van der Waals surface area contributed by atoms with Crippen LogP contribution < -0.4 is 4.74 Å². The van der Waals surface area contributed by atoms with Crippen molar-refractivity contribution in [2.45, 2.75) is 116 Å². The molecule has 1 saturated heterocycles. The van der Waals surface area contributed by atoms with Gasteiger partial charge in [-0.15, -0.1) is 0 Å². The van der Waals surface area contributed by atoms with Gasteiger partial charge in [-0.1, -0.05) is 19.9 Å². The smallest absolute Gasteiger partial charge is 0.303 e. The van der Waals surface area contributed by atoms with Gasteiger partial charge in [-0.2, -0.15) is 0 Å². The van der Waals surface area contributed by atoms with E-state index in [2.05, 4.69) is 0 Å². The van der Waals surface area contributed by atoms with E-state index < -0.39 is 46.8 Å². The molecule has 4 rings (SSSR count). The van der Waals surface area contributed by atoms with E-state index in [1.54, 1.807) is 13.8 Å². The molecule has 1 aromatic carbocycles. The molecule has 0 amide bonds. The highest BCUT2D eigenvalue weighted by Gasteiger charge is 2.60. The minimum absolute atomic E-state index is 0.0831.